The number of amides is 1. The fourth-order valence-electron chi connectivity index (χ4n) is 3.59. The Balaban J connectivity index is 1.66. The molecular formula is C21H25F3N3O3S+. The number of sulfonamides is 1. The molecule has 6 nitrogen and oxygen atoms in total. The first kappa shape index (κ1) is 23.1. The fraction of sp³-hybridized carbons (Fsp3) is 0.381. The predicted molar refractivity (Wildman–Crippen MR) is 111 cm³/mol. The molecule has 31 heavy (non-hydrogen) atoms. The van der Waals surface area contributed by atoms with Crippen molar-refractivity contribution in [1.29, 1.82) is 0 Å². The van der Waals surface area contributed by atoms with Gasteiger partial charge in [0.25, 0.3) is 0 Å². The molecule has 0 aromatic heterocycles. The Labute approximate surface area is 179 Å². The first-order valence-corrected chi connectivity index (χ1v) is 11.7. The molecule has 1 N–H and O–H groups in total. The third-order valence-corrected chi connectivity index (χ3v) is 6.40. The van der Waals surface area contributed by atoms with E-state index >= 15 is 0 Å². The zero-order valence-electron chi connectivity index (χ0n) is 17.1. The molecule has 1 aliphatic heterocycles. The molecule has 3 rings (SSSR count). The molecule has 1 fully saturated rings. The van der Waals surface area contributed by atoms with E-state index in [-0.39, 0.29) is 5.69 Å². The molecule has 0 saturated carbocycles. The van der Waals surface area contributed by atoms with Crippen LogP contribution in [-0.4, -0.2) is 58.2 Å². The minimum absolute atomic E-state index is 0.181. The molecule has 0 spiro atoms. The number of rotatable bonds is 6. The molecule has 0 bridgehead atoms. The van der Waals surface area contributed by atoms with Crippen molar-refractivity contribution in [2.24, 2.45) is 0 Å². The van der Waals surface area contributed by atoms with Crippen molar-refractivity contribution in [2.75, 3.05) is 43.3 Å². The highest BCUT2D eigenvalue weighted by atomic mass is 32.2. The van der Waals surface area contributed by atoms with Gasteiger partial charge in [0, 0.05) is 5.56 Å². The fourth-order valence-corrected chi connectivity index (χ4v) is 4.44. The lowest BCUT2D eigenvalue weighted by atomic mass is 10.2. The van der Waals surface area contributed by atoms with Gasteiger partial charge in [-0.05, 0) is 18.2 Å². The molecule has 1 amide bonds. The Kier molecular flexibility index (Phi) is 6.90. The Morgan fingerprint density at radius 1 is 1.06 bits per heavy atom. The number of benzene rings is 2. The predicted octanol–water partition coefficient (Wildman–Crippen LogP) is 1.40. The van der Waals surface area contributed by atoms with Crippen LogP contribution in [0.2, 0.25) is 0 Å². The molecule has 1 aliphatic rings. The zero-order chi connectivity index (χ0) is 22.6. The number of hydrogen-bond donors (Lipinski definition) is 1. The van der Waals surface area contributed by atoms with Gasteiger partial charge in [-0.1, -0.05) is 36.4 Å². The molecule has 168 valence electrons. The number of quaternary nitrogens is 1. The van der Waals surface area contributed by atoms with Crippen molar-refractivity contribution in [3.05, 3.63) is 65.7 Å². The van der Waals surface area contributed by atoms with E-state index in [0.717, 1.165) is 35.3 Å². The first-order valence-electron chi connectivity index (χ1n) is 9.84. The quantitative estimate of drug-likeness (QED) is 0.715. The summed E-state index contributed by atoms with van der Waals surface area (Å²) in [4.78, 5) is 15.6. The van der Waals surface area contributed by atoms with E-state index in [9.17, 15) is 26.4 Å². The van der Waals surface area contributed by atoms with E-state index in [1.54, 1.807) is 4.90 Å². The summed E-state index contributed by atoms with van der Waals surface area (Å²) >= 11 is 0. The largest absolute Gasteiger partial charge is 0.416 e. The highest BCUT2D eigenvalue weighted by Crippen LogP contribution is 2.32. The van der Waals surface area contributed by atoms with Crippen molar-refractivity contribution in [3.63, 3.8) is 0 Å². The van der Waals surface area contributed by atoms with Gasteiger partial charge >= 0.3 is 6.18 Å². The Morgan fingerprint density at radius 3 is 2.29 bits per heavy atom. The van der Waals surface area contributed by atoms with Crippen LogP contribution in [-0.2, 0) is 27.5 Å². The van der Waals surface area contributed by atoms with E-state index < -0.39 is 34.2 Å². The summed E-state index contributed by atoms with van der Waals surface area (Å²) in [5.74, 6) is -0.429. The molecule has 10 heteroatoms. The summed E-state index contributed by atoms with van der Waals surface area (Å²) in [6, 6.07) is 14.0. The van der Waals surface area contributed by atoms with Gasteiger partial charge in [0.1, 0.15) is 13.1 Å². The first-order chi connectivity index (χ1) is 14.5. The summed E-state index contributed by atoms with van der Waals surface area (Å²) in [6.07, 6.45) is -3.73. The molecule has 1 heterocycles. The molecule has 1 saturated heterocycles. The summed E-state index contributed by atoms with van der Waals surface area (Å²) < 4.78 is 64.3. The van der Waals surface area contributed by atoms with Gasteiger partial charge in [0.05, 0.1) is 43.7 Å². The lowest BCUT2D eigenvalue weighted by Gasteiger charge is -2.33. The average Bonchev–Trinajstić information content (AvgIpc) is 2.72. The maximum absolute atomic E-state index is 13.0. The number of carbonyl (C=O) groups excluding carboxylic acids is 1. The third kappa shape index (κ3) is 6.20. The van der Waals surface area contributed by atoms with Crippen molar-refractivity contribution in [3.8, 4) is 0 Å². The summed E-state index contributed by atoms with van der Waals surface area (Å²) in [7, 11) is -3.95. The Morgan fingerprint density at radius 2 is 1.71 bits per heavy atom. The van der Waals surface area contributed by atoms with Gasteiger partial charge in [-0.25, -0.2) is 8.42 Å². The minimum atomic E-state index is -4.61. The smallest absolute Gasteiger partial charge is 0.330 e. The van der Waals surface area contributed by atoms with Crippen molar-refractivity contribution >= 4 is 21.6 Å². The van der Waals surface area contributed by atoms with Crippen LogP contribution < -0.4 is 9.21 Å². The van der Waals surface area contributed by atoms with Crippen LogP contribution in [0.1, 0.15) is 11.1 Å². The summed E-state index contributed by atoms with van der Waals surface area (Å²) in [6.45, 7) is 2.64. The van der Waals surface area contributed by atoms with E-state index in [4.69, 9.17) is 0 Å². The lowest BCUT2D eigenvalue weighted by molar-refractivity contribution is -0.917. The number of nitrogens with zero attached hydrogens (tertiary/aromatic N) is 2. The number of alkyl halides is 3. The normalized spacial score (nSPS) is 15.7. The molecule has 2 aromatic carbocycles. The van der Waals surface area contributed by atoms with Crippen LogP contribution in [0.25, 0.3) is 0 Å². The SMILES string of the molecule is CS(=O)(=O)N(CC(=O)N1CC[NH+](Cc2ccccc2)CC1)c1cccc(C(F)(F)F)c1. The molecule has 0 atom stereocenters. The van der Waals surface area contributed by atoms with Gasteiger partial charge in [-0.3, -0.25) is 9.10 Å². The highest BCUT2D eigenvalue weighted by molar-refractivity contribution is 7.92. The zero-order valence-corrected chi connectivity index (χ0v) is 17.9. The number of halogens is 3. The van der Waals surface area contributed by atoms with E-state index in [2.05, 4.69) is 0 Å². The maximum atomic E-state index is 13.0. The van der Waals surface area contributed by atoms with Crippen LogP contribution in [0.15, 0.2) is 54.6 Å². The third-order valence-electron chi connectivity index (χ3n) is 5.26. The molecule has 0 unspecified atom stereocenters. The van der Waals surface area contributed by atoms with E-state index in [1.165, 1.54) is 16.5 Å². The van der Waals surface area contributed by atoms with Gasteiger partial charge < -0.3 is 9.80 Å². The molecule has 0 aliphatic carbocycles. The van der Waals surface area contributed by atoms with Crippen LogP contribution >= 0.6 is 0 Å². The summed E-state index contributed by atoms with van der Waals surface area (Å²) in [5.41, 5.74) is 0.0494. The Bertz CT molecular complexity index is 1010. The number of piperazine rings is 1. The number of carbonyl (C=O) groups is 1. The van der Waals surface area contributed by atoms with Crippen molar-refractivity contribution in [1.82, 2.24) is 4.90 Å². The standard InChI is InChI=1S/C21H24F3N3O3S/c1-31(29,30)27(19-9-5-8-18(14-19)21(22,23)24)16-20(28)26-12-10-25(11-13-26)15-17-6-3-2-4-7-17/h2-9,14H,10-13,15-16H2,1H3/p+1. The van der Waals surface area contributed by atoms with Crippen LogP contribution in [0.4, 0.5) is 18.9 Å². The second-order valence-corrected chi connectivity index (χ2v) is 9.52. The van der Waals surface area contributed by atoms with Crippen LogP contribution in [0.5, 0.6) is 0 Å². The molecule has 0 radical (unpaired) electrons. The van der Waals surface area contributed by atoms with Gasteiger partial charge in [0.2, 0.25) is 15.9 Å². The number of nitrogens with one attached hydrogen (secondary N) is 1. The highest BCUT2D eigenvalue weighted by Gasteiger charge is 2.33. The van der Waals surface area contributed by atoms with Gasteiger partial charge in [-0.15, -0.1) is 0 Å². The van der Waals surface area contributed by atoms with E-state index in [0.29, 0.717) is 26.2 Å². The van der Waals surface area contributed by atoms with Crippen LogP contribution in [0, 0.1) is 0 Å². The van der Waals surface area contributed by atoms with E-state index in [1.807, 2.05) is 30.3 Å². The minimum Gasteiger partial charge on any atom is -0.330 e. The van der Waals surface area contributed by atoms with Crippen molar-refractivity contribution < 1.29 is 31.3 Å². The van der Waals surface area contributed by atoms with Gasteiger partial charge in [-0.2, -0.15) is 13.2 Å². The Hall–Kier alpha value is -2.59. The van der Waals surface area contributed by atoms with Crippen LogP contribution in [0.3, 0.4) is 0 Å². The van der Waals surface area contributed by atoms with Crippen molar-refractivity contribution in [2.45, 2.75) is 12.7 Å². The molecular weight excluding hydrogens is 431 g/mol. The molecule has 2 aromatic rings. The summed E-state index contributed by atoms with van der Waals surface area (Å²) in [5, 5.41) is 0. The average molecular weight is 457 g/mol. The maximum Gasteiger partial charge on any atom is 0.416 e. The number of hydrogen-bond acceptors (Lipinski definition) is 3. The number of anilines is 1. The van der Waals surface area contributed by atoms with Gasteiger partial charge in [0.15, 0.2) is 0 Å². The monoisotopic (exact) mass is 456 g/mol. The lowest BCUT2D eigenvalue weighted by Crippen LogP contribution is -3.13. The topological polar surface area (TPSA) is 62.1 Å². The second kappa shape index (κ2) is 9.27. The second-order valence-electron chi connectivity index (χ2n) is 7.61.